The number of carboxylic acids is 1. The normalized spacial score (nSPS) is 10.7. The first kappa shape index (κ1) is 9.15. The molecule has 0 aliphatic carbocycles. The van der Waals surface area contributed by atoms with E-state index in [1.807, 2.05) is 12.3 Å². The van der Waals surface area contributed by atoms with Crippen molar-refractivity contribution in [1.82, 2.24) is 0 Å². The smallest absolute Gasteiger partial charge is 0.338 e. The van der Waals surface area contributed by atoms with Crippen molar-refractivity contribution < 1.29 is 14.3 Å². The second-order valence-electron chi connectivity index (χ2n) is 3.05. The Hall–Kier alpha value is -1.42. The van der Waals surface area contributed by atoms with E-state index in [9.17, 15) is 9.18 Å². The molecule has 0 atom stereocenters. The Morgan fingerprint density at radius 1 is 1.50 bits per heavy atom. The van der Waals surface area contributed by atoms with Gasteiger partial charge in [0.1, 0.15) is 5.82 Å². The van der Waals surface area contributed by atoms with Crippen LogP contribution in [-0.4, -0.2) is 11.1 Å². The van der Waals surface area contributed by atoms with Crippen molar-refractivity contribution in [2.24, 2.45) is 0 Å². The van der Waals surface area contributed by atoms with Gasteiger partial charge in [-0.25, -0.2) is 9.18 Å². The van der Waals surface area contributed by atoms with Crippen LogP contribution >= 0.6 is 11.3 Å². The molecule has 0 fully saturated rings. The fourth-order valence-corrected chi connectivity index (χ4v) is 2.30. The van der Waals surface area contributed by atoms with E-state index in [2.05, 4.69) is 0 Å². The van der Waals surface area contributed by atoms with Gasteiger partial charge in [-0.3, -0.25) is 0 Å². The van der Waals surface area contributed by atoms with Crippen LogP contribution in [0.1, 0.15) is 15.9 Å². The van der Waals surface area contributed by atoms with Gasteiger partial charge in [0.25, 0.3) is 0 Å². The first-order valence-corrected chi connectivity index (χ1v) is 4.88. The Bertz CT molecular complexity index is 516. The van der Waals surface area contributed by atoms with Crippen LogP contribution < -0.4 is 0 Å². The second kappa shape index (κ2) is 3.06. The SMILES string of the molecule is Cc1csc2cc(C(=O)O)c(F)cc12. The fraction of sp³-hybridized carbons (Fsp3) is 0.100. The van der Waals surface area contributed by atoms with Gasteiger partial charge < -0.3 is 5.11 Å². The Balaban J connectivity index is 2.79. The monoisotopic (exact) mass is 210 g/mol. The molecule has 1 aromatic carbocycles. The van der Waals surface area contributed by atoms with Crippen LogP contribution in [0.5, 0.6) is 0 Å². The third-order valence-electron chi connectivity index (χ3n) is 2.09. The van der Waals surface area contributed by atoms with Crippen molar-refractivity contribution in [2.75, 3.05) is 0 Å². The summed E-state index contributed by atoms with van der Waals surface area (Å²) in [6.45, 7) is 1.87. The summed E-state index contributed by atoms with van der Waals surface area (Å²) in [6.07, 6.45) is 0. The van der Waals surface area contributed by atoms with Gasteiger partial charge in [-0.1, -0.05) is 0 Å². The summed E-state index contributed by atoms with van der Waals surface area (Å²) < 4.78 is 14.1. The standard InChI is InChI=1S/C10H7FO2S/c1-5-4-14-9-3-7(10(12)13)8(11)2-6(5)9/h2-4H,1H3,(H,12,13). The molecule has 0 aliphatic rings. The van der Waals surface area contributed by atoms with Crippen molar-refractivity contribution >= 4 is 27.4 Å². The predicted octanol–water partition coefficient (Wildman–Crippen LogP) is 3.05. The van der Waals surface area contributed by atoms with Gasteiger partial charge >= 0.3 is 5.97 Å². The molecule has 0 amide bonds. The summed E-state index contributed by atoms with van der Waals surface area (Å²) in [5, 5.41) is 11.4. The Kier molecular flexibility index (Phi) is 2.00. The number of thiophene rings is 1. The minimum atomic E-state index is -1.23. The number of carbonyl (C=O) groups is 1. The maximum atomic E-state index is 13.3. The van der Waals surface area contributed by atoms with Crippen LogP contribution in [0.4, 0.5) is 4.39 Å². The lowest BCUT2D eigenvalue weighted by atomic mass is 10.1. The largest absolute Gasteiger partial charge is 0.478 e. The zero-order chi connectivity index (χ0) is 10.3. The lowest BCUT2D eigenvalue weighted by Gasteiger charge is -1.98. The summed E-state index contributed by atoms with van der Waals surface area (Å²) >= 11 is 1.42. The van der Waals surface area contributed by atoms with Crippen molar-refractivity contribution in [1.29, 1.82) is 0 Å². The molecule has 1 N–H and O–H groups in total. The van der Waals surface area contributed by atoms with Gasteiger partial charge in [-0.15, -0.1) is 11.3 Å². The lowest BCUT2D eigenvalue weighted by Crippen LogP contribution is -1.99. The third-order valence-corrected chi connectivity index (χ3v) is 3.15. The highest BCUT2D eigenvalue weighted by Crippen LogP contribution is 2.27. The van der Waals surface area contributed by atoms with E-state index in [-0.39, 0.29) is 5.56 Å². The van der Waals surface area contributed by atoms with Crippen LogP contribution in [0.2, 0.25) is 0 Å². The molecule has 14 heavy (non-hydrogen) atoms. The zero-order valence-electron chi connectivity index (χ0n) is 7.37. The molecule has 0 saturated heterocycles. The highest BCUT2D eigenvalue weighted by molar-refractivity contribution is 7.17. The fourth-order valence-electron chi connectivity index (χ4n) is 1.34. The van der Waals surface area contributed by atoms with Crippen molar-refractivity contribution in [3.8, 4) is 0 Å². The van der Waals surface area contributed by atoms with Gasteiger partial charge in [0.15, 0.2) is 0 Å². The molecular weight excluding hydrogens is 203 g/mol. The van der Waals surface area contributed by atoms with Crippen molar-refractivity contribution in [2.45, 2.75) is 6.92 Å². The Labute approximate surface area is 83.6 Å². The van der Waals surface area contributed by atoms with Crippen LogP contribution in [0.25, 0.3) is 10.1 Å². The summed E-state index contributed by atoms with van der Waals surface area (Å²) in [5.41, 5.74) is 0.709. The number of hydrogen-bond donors (Lipinski definition) is 1. The average Bonchev–Trinajstić information content (AvgIpc) is 2.46. The Morgan fingerprint density at radius 2 is 2.21 bits per heavy atom. The molecule has 4 heteroatoms. The number of benzene rings is 1. The van der Waals surface area contributed by atoms with Crippen LogP contribution in [-0.2, 0) is 0 Å². The van der Waals surface area contributed by atoms with E-state index < -0.39 is 11.8 Å². The van der Waals surface area contributed by atoms with Crippen molar-refractivity contribution in [3.05, 3.63) is 34.5 Å². The van der Waals surface area contributed by atoms with Crippen LogP contribution in [0, 0.1) is 12.7 Å². The number of carboxylic acid groups (broad SMARTS) is 1. The molecule has 1 heterocycles. The van der Waals surface area contributed by atoms with Crippen molar-refractivity contribution in [3.63, 3.8) is 0 Å². The van der Waals surface area contributed by atoms with Crippen LogP contribution in [0.3, 0.4) is 0 Å². The number of aryl methyl sites for hydroxylation is 1. The molecule has 2 aromatic rings. The first-order chi connectivity index (χ1) is 6.59. The summed E-state index contributed by atoms with van der Waals surface area (Å²) in [5.74, 6) is -1.90. The lowest BCUT2D eigenvalue weighted by molar-refractivity contribution is 0.0692. The molecule has 0 saturated carbocycles. The summed E-state index contributed by atoms with van der Waals surface area (Å²) in [7, 11) is 0. The average molecular weight is 210 g/mol. The number of hydrogen-bond acceptors (Lipinski definition) is 2. The van der Waals surface area contributed by atoms with E-state index in [1.165, 1.54) is 23.5 Å². The molecule has 0 spiro atoms. The highest BCUT2D eigenvalue weighted by Gasteiger charge is 2.12. The molecule has 0 unspecified atom stereocenters. The number of fused-ring (bicyclic) bond motifs is 1. The molecule has 1 aromatic heterocycles. The van der Waals surface area contributed by atoms with Gasteiger partial charge in [0.05, 0.1) is 5.56 Å². The molecular formula is C10H7FO2S. The van der Waals surface area contributed by atoms with E-state index in [0.29, 0.717) is 0 Å². The number of rotatable bonds is 1. The maximum Gasteiger partial charge on any atom is 0.338 e. The third kappa shape index (κ3) is 1.28. The quantitative estimate of drug-likeness (QED) is 0.785. The molecule has 0 aliphatic heterocycles. The van der Waals surface area contributed by atoms with Crippen LogP contribution in [0.15, 0.2) is 17.5 Å². The molecule has 0 bridgehead atoms. The molecule has 0 radical (unpaired) electrons. The second-order valence-corrected chi connectivity index (χ2v) is 3.96. The highest BCUT2D eigenvalue weighted by atomic mass is 32.1. The van der Waals surface area contributed by atoms with E-state index >= 15 is 0 Å². The van der Waals surface area contributed by atoms with Gasteiger partial charge in [0.2, 0.25) is 0 Å². The maximum absolute atomic E-state index is 13.3. The number of halogens is 1. The first-order valence-electron chi connectivity index (χ1n) is 4.00. The molecule has 2 nitrogen and oxygen atoms in total. The van der Waals surface area contributed by atoms with Gasteiger partial charge in [0, 0.05) is 4.70 Å². The van der Waals surface area contributed by atoms with E-state index in [1.54, 1.807) is 0 Å². The predicted molar refractivity (Wildman–Crippen MR) is 53.5 cm³/mol. The summed E-state index contributed by atoms with van der Waals surface area (Å²) in [6, 6.07) is 2.66. The minimum absolute atomic E-state index is 0.264. The van der Waals surface area contributed by atoms with Gasteiger partial charge in [-0.05, 0) is 35.4 Å². The molecule has 72 valence electrons. The van der Waals surface area contributed by atoms with E-state index in [4.69, 9.17) is 5.11 Å². The number of aromatic carboxylic acids is 1. The Morgan fingerprint density at radius 3 is 2.86 bits per heavy atom. The van der Waals surface area contributed by atoms with Gasteiger partial charge in [-0.2, -0.15) is 0 Å². The topological polar surface area (TPSA) is 37.3 Å². The zero-order valence-corrected chi connectivity index (χ0v) is 8.19. The van der Waals surface area contributed by atoms with E-state index in [0.717, 1.165) is 15.6 Å². The molecule has 2 rings (SSSR count). The minimum Gasteiger partial charge on any atom is -0.478 e. The summed E-state index contributed by atoms with van der Waals surface area (Å²) in [4.78, 5) is 10.6.